The topological polar surface area (TPSA) is 131 Å². The van der Waals surface area contributed by atoms with Crippen LogP contribution >= 0.6 is 0 Å². The third-order valence-electron chi connectivity index (χ3n) is 12.3. The molecule has 5 rings (SSSR count). The first kappa shape index (κ1) is 30.0. The molecule has 0 radical (unpaired) electrons. The maximum Gasteiger partial charge on any atom is 0.159 e. The Morgan fingerprint density at radius 1 is 1.12 bits per heavy atom. The van der Waals surface area contributed by atoms with Gasteiger partial charge in [-0.2, -0.15) is 0 Å². The van der Waals surface area contributed by atoms with Crippen LogP contribution in [0.25, 0.3) is 0 Å². The zero-order valence-electron chi connectivity index (χ0n) is 25.3. The van der Waals surface area contributed by atoms with E-state index >= 15 is 0 Å². The van der Waals surface area contributed by atoms with Gasteiger partial charge in [0, 0.05) is 11.3 Å². The first-order chi connectivity index (χ1) is 18.5. The molecule has 224 valence electrons. The normalized spacial score (nSPS) is 43.0. The van der Waals surface area contributed by atoms with Crippen LogP contribution in [0.15, 0.2) is 22.3 Å². The summed E-state index contributed by atoms with van der Waals surface area (Å²) in [6, 6.07) is 0. The van der Waals surface area contributed by atoms with Gasteiger partial charge >= 0.3 is 0 Å². The highest BCUT2D eigenvalue weighted by molar-refractivity contribution is 5.95. The highest BCUT2D eigenvalue weighted by atomic mass is 16.3. The number of allylic oxidation sites excluding steroid dienone is 1. The number of hydrogen-bond acceptors (Lipinski definition) is 7. The van der Waals surface area contributed by atoms with Crippen LogP contribution < -0.4 is 0 Å². The summed E-state index contributed by atoms with van der Waals surface area (Å²) in [5, 5.41) is 56.3. The number of aryl methyl sites for hydroxylation is 1. The molecule has 11 atom stereocenters. The summed E-state index contributed by atoms with van der Waals surface area (Å²) in [5.74, 6) is -0.707. The first-order valence-electron chi connectivity index (χ1n) is 15.3. The van der Waals surface area contributed by atoms with E-state index in [-0.39, 0.29) is 30.0 Å². The molecule has 4 aliphatic rings. The molecule has 5 N–H and O–H groups in total. The van der Waals surface area contributed by atoms with E-state index < -0.39 is 52.2 Å². The molecule has 0 amide bonds. The Kier molecular flexibility index (Phi) is 7.32. The number of aliphatic hydroxyl groups is 5. The molecule has 40 heavy (non-hydrogen) atoms. The number of carbonyl (C=O) groups excluding carboxylic acids is 1. The molecule has 3 saturated carbocycles. The average Bonchev–Trinajstić information content (AvgIpc) is 3.34. The molecule has 0 aliphatic heterocycles. The third-order valence-corrected chi connectivity index (χ3v) is 12.3. The molecule has 1 heterocycles. The second kappa shape index (κ2) is 9.77. The molecule has 3 unspecified atom stereocenters. The number of aliphatic hydroxyl groups excluding tert-OH is 3. The van der Waals surface area contributed by atoms with Crippen molar-refractivity contribution in [2.24, 2.45) is 34.5 Å². The van der Waals surface area contributed by atoms with Gasteiger partial charge in [-0.1, -0.05) is 20.8 Å². The van der Waals surface area contributed by atoms with Gasteiger partial charge < -0.3 is 29.9 Å². The third kappa shape index (κ3) is 4.21. The van der Waals surface area contributed by atoms with Gasteiger partial charge in [0.05, 0.1) is 41.7 Å². The Morgan fingerprint density at radius 2 is 1.80 bits per heavy atom. The standard InChI is InChI=1S/C33H50O7/c1-17-16-40-29(18(17)2)27-28(37)26(36)15-23-25(35)14-22-21(32(23,27)7)8-12-31(6)20(9-13-33(22,31)39)19(3)24(34)10-11-30(4,5)38/h14,16,19-21,23-24,26-28,34,36-39H,8-13,15H2,1-7H3/t19?,20-,21?,23+,24-,26-,27?,28-,31-,32+,33-/m1/s1. The van der Waals surface area contributed by atoms with Crippen molar-refractivity contribution in [1.29, 1.82) is 0 Å². The summed E-state index contributed by atoms with van der Waals surface area (Å²) in [4.78, 5) is 13.9. The highest BCUT2D eigenvalue weighted by Crippen LogP contribution is 2.70. The molecular formula is C33H50O7. The van der Waals surface area contributed by atoms with Crippen molar-refractivity contribution in [3.63, 3.8) is 0 Å². The predicted molar refractivity (Wildman–Crippen MR) is 151 cm³/mol. The van der Waals surface area contributed by atoms with Crippen LogP contribution in [0.4, 0.5) is 0 Å². The summed E-state index contributed by atoms with van der Waals surface area (Å²) in [6.07, 6.45) is 4.55. The molecule has 0 spiro atoms. The van der Waals surface area contributed by atoms with Crippen LogP contribution in [0.2, 0.25) is 0 Å². The van der Waals surface area contributed by atoms with Crippen LogP contribution in [0.1, 0.15) is 102 Å². The lowest BCUT2D eigenvalue weighted by Crippen LogP contribution is -2.63. The second-order valence-corrected chi connectivity index (χ2v) is 14.9. The molecule has 7 nitrogen and oxygen atoms in total. The predicted octanol–water partition coefficient (Wildman–Crippen LogP) is 4.34. The Bertz CT molecular complexity index is 1180. The number of hydrogen-bond donors (Lipinski definition) is 5. The van der Waals surface area contributed by atoms with Crippen molar-refractivity contribution in [3.05, 3.63) is 34.8 Å². The molecule has 1 aromatic rings. The molecule has 0 saturated heterocycles. The van der Waals surface area contributed by atoms with Gasteiger partial charge in [-0.05, 0) is 119 Å². The van der Waals surface area contributed by atoms with E-state index in [9.17, 15) is 30.3 Å². The van der Waals surface area contributed by atoms with Gasteiger partial charge in [0.2, 0.25) is 0 Å². The second-order valence-electron chi connectivity index (χ2n) is 14.9. The molecule has 3 fully saturated rings. The van der Waals surface area contributed by atoms with Crippen LogP contribution in [-0.4, -0.2) is 60.8 Å². The lowest BCUT2D eigenvalue weighted by atomic mass is 9.43. The van der Waals surface area contributed by atoms with Crippen molar-refractivity contribution in [2.45, 2.75) is 129 Å². The zero-order valence-corrected chi connectivity index (χ0v) is 25.3. The Labute approximate surface area is 238 Å². The number of rotatable bonds is 6. The number of ketones is 1. The number of carbonyl (C=O) groups is 1. The lowest BCUT2D eigenvalue weighted by Gasteiger charge is -2.62. The molecular weight excluding hydrogens is 508 g/mol. The van der Waals surface area contributed by atoms with E-state index in [2.05, 4.69) is 20.8 Å². The maximum atomic E-state index is 13.9. The van der Waals surface area contributed by atoms with E-state index in [1.54, 1.807) is 26.2 Å². The monoisotopic (exact) mass is 558 g/mol. The van der Waals surface area contributed by atoms with Crippen LogP contribution in [0, 0.1) is 48.3 Å². The van der Waals surface area contributed by atoms with Crippen molar-refractivity contribution >= 4 is 5.78 Å². The highest BCUT2D eigenvalue weighted by Gasteiger charge is 2.69. The van der Waals surface area contributed by atoms with Gasteiger partial charge in [0.15, 0.2) is 5.78 Å². The molecule has 0 aromatic carbocycles. The lowest BCUT2D eigenvalue weighted by molar-refractivity contribution is -0.164. The SMILES string of the molecule is Cc1coc(C2[C@H](O)[C@H](O)C[C@H]3C(=O)C=C4C(CC[C@]5(C)[C@@H](C(C)[C@H](O)CCC(C)(C)O)CC[C@@]45O)[C@]23C)c1C. The van der Waals surface area contributed by atoms with Gasteiger partial charge in [-0.3, -0.25) is 4.79 Å². The minimum atomic E-state index is -1.20. The minimum Gasteiger partial charge on any atom is -0.468 e. The van der Waals surface area contributed by atoms with Crippen molar-refractivity contribution in [2.75, 3.05) is 0 Å². The summed E-state index contributed by atoms with van der Waals surface area (Å²) < 4.78 is 6.03. The van der Waals surface area contributed by atoms with Gasteiger partial charge in [0.1, 0.15) is 5.76 Å². The minimum absolute atomic E-state index is 0.0568. The van der Waals surface area contributed by atoms with Crippen LogP contribution in [0.3, 0.4) is 0 Å². The quantitative estimate of drug-likeness (QED) is 0.351. The van der Waals surface area contributed by atoms with Crippen molar-refractivity contribution < 1.29 is 34.7 Å². The zero-order chi connectivity index (χ0) is 29.6. The van der Waals surface area contributed by atoms with Gasteiger partial charge in [0.25, 0.3) is 0 Å². The molecule has 4 aliphatic carbocycles. The van der Waals surface area contributed by atoms with Gasteiger partial charge in [-0.25, -0.2) is 0 Å². The fourth-order valence-corrected chi connectivity index (χ4v) is 9.62. The summed E-state index contributed by atoms with van der Waals surface area (Å²) in [7, 11) is 0. The van der Waals surface area contributed by atoms with E-state index in [1.807, 2.05) is 13.8 Å². The molecule has 1 aromatic heterocycles. The Hall–Kier alpha value is -1.51. The van der Waals surface area contributed by atoms with Crippen molar-refractivity contribution in [3.8, 4) is 0 Å². The molecule has 0 bridgehead atoms. The van der Waals surface area contributed by atoms with Crippen LogP contribution in [0.5, 0.6) is 0 Å². The Balaban J connectivity index is 1.53. The number of furan rings is 1. The maximum absolute atomic E-state index is 13.9. The Morgan fingerprint density at radius 3 is 2.40 bits per heavy atom. The van der Waals surface area contributed by atoms with Crippen LogP contribution in [-0.2, 0) is 4.79 Å². The molecule has 7 heteroatoms. The first-order valence-corrected chi connectivity index (χ1v) is 15.3. The largest absolute Gasteiger partial charge is 0.468 e. The van der Waals surface area contributed by atoms with Crippen molar-refractivity contribution in [1.82, 2.24) is 0 Å². The number of fused-ring (bicyclic) bond motifs is 5. The van der Waals surface area contributed by atoms with E-state index in [0.29, 0.717) is 25.0 Å². The summed E-state index contributed by atoms with van der Waals surface area (Å²) in [5.41, 5.74) is -0.650. The van der Waals surface area contributed by atoms with E-state index in [4.69, 9.17) is 4.42 Å². The fourth-order valence-electron chi connectivity index (χ4n) is 9.62. The van der Waals surface area contributed by atoms with E-state index in [0.717, 1.165) is 36.0 Å². The average molecular weight is 559 g/mol. The smallest absolute Gasteiger partial charge is 0.159 e. The summed E-state index contributed by atoms with van der Waals surface area (Å²) in [6.45, 7) is 13.7. The van der Waals surface area contributed by atoms with Gasteiger partial charge in [-0.15, -0.1) is 0 Å². The van der Waals surface area contributed by atoms with E-state index in [1.165, 1.54) is 0 Å². The fraction of sp³-hybridized carbons (Fsp3) is 0.788. The summed E-state index contributed by atoms with van der Waals surface area (Å²) >= 11 is 0.